The molecule has 1 saturated heterocycles. The number of hydrogen-bond donors (Lipinski definition) is 0. The van der Waals surface area contributed by atoms with Crippen molar-refractivity contribution in [3.63, 3.8) is 0 Å². The Bertz CT molecular complexity index is 942. The summed E-state index contributed by atoms with van der Waals surface area (Å²) in [6, 6.07) is 12.4. The number of pyridine rings is 1. The van der Waals surface area contributed by atoms with E-state index in [4.69, 9.17) is 0 Å². The minimum absolute atomic E-state index is 0.547. The highest BCUT2D eigenvalue weighted by atomic mass is 15.4. The zero-order valence-electron chi connectivity index (χ0n) is 14.5. The maximum atomic E-state index is 9.55. The molecule has 1 fully saturated rings. The molecule has 0 atom stereocenters. The van der Waals surface area contributed by atoms with Gasteiger partial charge in [0.2, 0.25) is 5.95 Å². The molecular formula is C19H20N6. The van der Waals surface area contributed by atoms with E-state index in [0.717, 1.165) is 37.3 Å². The van der Waals surface area contributed by atoms with Crippen molar-refractivity contribution in [2.24, 2.45) is 0 Å². The van der Waals surface area contributed by atoms with Crippen LogP contribution in [0.3, 0.4) is 0 Å². The number of aryl methyl sites for hydroxylation is 1. The van der Waals surface area contributed by atoms with Crippen LogP contribution < -0.4 is 4.90 Å². The molecule has 3 aromatic rings. The van der Waals surface area contributed by atoms with Gasteiger partial charge < -0.3 is 9.80 Å². The number of benzene rings is 1. The molecule has 126 valence electrons. The predicted molar refractivity (Wildman–Crippen MR) is 97.6 cm³/mol. The van der Waals surface area contributed by atoms with Crippen molar-refractivity contribution < 1.29 is 0 Å². The van der Waals surface area contributed by atoms with E-state index in [1.54, 1.807) is 4.52 Å². The third kappa shape index (κ3) is 2.94. The highest BCUT2D eigenvalue weighted by Gasteiger charge is 2.19. The summed E-state index contributed by atoms with van der Waals surface area (Å²) in [4.78, 5) is 9.09. The van der Waals surface area contributed by atoms with Gasteiger partial charge in [-0.25, -0.2) is 4.52 Å². The Balaban J connectivity index is 1.76. The molecule has 1 aliphatic heterocycles. The lowest BCUT2D eigenvalue weighted by Gasteiger charge is -2.31. The quantitative estimate of drug-likeness (QED) is 0.721. The molecule has 6 nitrogen and oxygen atoms in total. The van der Waals surface area contributed by atoms with Gasteiger partial charge in [-0.05, 0) is 25.6 Å². The number of likely N-dealkylation sites (N-methyl/N-ethyl adjacent to an activating group) is 1. The SMILES string of the molecule is Cc1ccc(-c2cc(C#N)c3nc(N4CCN(C)CC4)nn3c2)cc1. The monoisotopic (exact) mass is 332 g/mol. The van der Waals surface area contributed by atoms with E-state index in [0.29, 0.717) is 17.2 Å². The summed E-state index contributed by atoms with van der Waals surface area (Å²) >= 11 is 0. The topological polar surface area (TPSA) is 60.5 Å². The standard InChI is InChI=1S/C19H20N6/c1-14-3-5-15(6-4-14)17-11-16(12-20)18-21-19(22-25(18)13-17)24-9-7-23(2)8-10-24/h3-6,11,13H,7-10H2,1-2H3. The average molecular weight is 332 g/mol. The molecule has 0 bridgehead atoms. The normalized spacial score (nSPS) is 15.5. The van der Waals surface area contributed by atoms with Crippen molar-refractivity contribution in [3.8, 4) is 17.2 Å². The highest BCUT2D eigenvalue weighted by molar-refractivity contribution is 5.70. The molecule has 6 heteroatoms. The fraction of sp³-hybridized carbons (Fsp3) is 0.316. The summed E-state index contributed by atoms with van der Waals surface area (Å²) in [5, 5.41) is 14.2. The molecule has 2 aromatic heterocycles. The van der Waals surface area contributed by atoms with Crippen LogP contribution in [0.1, 0.15) is 11.1 Å². The van der Waals surface area contributed by atoms with E-state index >= 15 is 0 Å². The Kier molecular flexibility index (Phi) is 3.86. The number of rotatable bonds is 2. The van der Waals surface area contributed by atoms with Crippen LogP contribution in [0.25, 0.3) is 16.8 Å². The third-order valence-electron chi connectivity index (χ3n) is 4.71. The molecule has 0 unspecified atom stereocenters. The second kappa shape index (κ2) is 6.19. The number of fused-ring (bicyclic) bond motifs is 1. The van der Waals surface area contributed by atoms with E-state index in [9.17, 15) is 5.26 Å². The first-order valence-electron chi connectivity index (χ1n) is 8.45. The maximum absolute atomic E-state index is 9.55. The Morgan fingerprint density at radius 2 is 1.76 bits per heavy atom. The lowest BCUT2D eigenvalue weighted by atomic mass is 10.0. The van der Waals surface area contributed by atoms with Gasteiger partial charge in [0.05, 0.1) is 5.56 Å². The van der Waals surface area contributed by atoms with Crippen LogP contribution in [-0.4, -0.2) is 52.7 Å². The van der Waals surface area contributed by atoms with E-state index in [1.807, 2.05) is 12.3 Å². The van der Waals surface area contributed by atoms with Crippen molar-refractivity contribution in [3.05, 3.63) is 47.7 Å². The summed E-state index contributed by atoms with van der Waals surface area (Å²) in [7, 11) is 2.12. The van der Waals surface area contributed by atoms with Crippen LogP contribution >= 0.6 is 0 Å². The fourth-order valence-corrected chi connectivity index (χ4v) is 3.10. The summed E-state index contributed by atoms with van der Waals surface area (Å²) in [5.41, 5.74) is 4.42. The summed E-state index contributed by atoms with van der Waals surface area (Å²) < 4.78 is 1.74. The molecule has 3 heterocycles. The Morgan fingerprint density at radius 3 is 2.44 bits per heavy atom. The largest absolute Gasteiger partial charge is 0.337 e. The van der Waals surface area contributed by atoms with Crippen LogP contribution in [0.15, 0.2) is 36.5 Å². The van der Waals surface area contributed by atoms with Crippen molar-refractivity contribution in [2.45, 2.75) is 6.92 Å². The van der Waals surface area contributed by atoms with Gasteiger partial charge in [-0.1, -0.05) is 29.8 Å². The molecule has 1 aliphatic rings. The third-order valence-corrected chi connectivity index (χ3v) is 4.71. The van der Waals surface area contributed by atoms with Crippen LogP contribution in [0.2, 0.25) is 0 Å². The molecule has 0 saturated carbocycles. The minimum atomic E-state index is 0.547. The maximum Gasteiger partial charge on any atom is 0.245 e. The number of nitrogens with zero attached hydrogens (tertiary/aromatic N) is 6. The highest BCUT2D eigenvalue weighted by Crippen LogP contribution is 2.24. The Labute approximate surface area is 146 Å². The summed E-state index contributed by atoms with van der Waals surface area (Å²) in [6.45, 7) is 5.86. The number of aromatic nitrogens is 3. The van der Waals surface area contributed by atoms with Gasteiger partial charge >= 0.3 is 0 Å². The fourth-order valence-electron chi connectivity index (χ4n) is 3.10. The first kappa shape index (κ1) is 15.6. The van der Waals surface area contributed by atoms with Gasteiger partial charge in [0.1, 0.15) is 6.07 Å². The zero-order chi connectivity index (χ0) is 17.4. The Morgan fingerprint density at radius 1 is 1.04 bits per heavy atom. The average Bonchev–Trinajstić information content (AvgIpc) is 3.06. The van der Waals surface area contributed by atoms with Gasteiger partial charge in [-0.15, -0.1) is 5.10 Å². The van der Waals surface area contributed by atoms with Gasteiger partial charge in [0.15, 0.2) is 5.65 Å². The number of piperazine rings is 1. The molecule has 0 radical (unpaired) electrons. The second-order valence-corrected chi connectivity index (χ2v) is 6.59. The van der Waals surface area contributed by atoms with Crippen molar-refractivity contribution in [1.29, 1.82) is 5.26 Å². The predicted octanol–water partition coefficient (Wildman–Crippen LogP) is 2.33. The molecule has 0 N–H and O–H groups in total. The molecule has 25 heavy (non-hydrogen) atoms. The van der Waals surface area contributed by atoms with Crippen LogP contribution in [0, 0.1) is 18.3 Å². The second-order valence-electron chi connectivity index (χ2n) is 6.59. The molecule has 0 aliphatic carbocycles. The van der Waals surface area contributed by atoms with E-state index in [-0.39, 0.29) is 0 Å². The molecule has 0 spiro atoms. The van der Waals surface area contributed by atoms with Gasteiger partial charge in [-0.3, -0.25) is 0 Å². The lowest BCUT2D eigenvalue weighted by molar-refractivity contribution is 0.311. The van der Waals surface area contributed by atoms with E-state index in [2.05, 4.69) is 64.2 Å². The van der Waals surface area contributed by atoms with Crippen molar-refractivity contribution >= 4 is 11.6 Å². The van der Waals surface area contributed by atoms with Gasteiger partial charge in [-0.2, -0.15) is 10.2 Å². The summed E-state index contributed by atoms with van der Waals surface area (Å²) in [5.74, 6) is 0.700. The minimum Gasteiger partial charge on any atom is -0.337 e. The molecule has 4 rings (SSSR count). The van der Waals surface area contributed by atoms with E-state index < -0.39 is 0 Å². The smallest absolute Gasteiger partial charge is 0.245 e. The number of hydrogen-bond acceptors (Lipinski definition) is 5. The Hall–Kier alpha value is -2.91. The van der Waals surface area contributed by atoms with Crippen LogP contribution in [0.5, 0.6) is 0 Å². The number of anilines is 1. The van der Waals surface area contributed by atoms with Gasteiger partial charge in [0, 0.05) is 37.9 Å². The molecular weight excluding hydrogens is 312 g/mol. The van der Waals surface area contributed by atoms with Crippen molar-refractivity contribution in [1.82, 2.24) is 19.5 Å². The van der Waals surface area contributed by atoms with Crippen LogP contribution in [-0.2, 0) is 0 Å². The van der Waals surface area contributed by atoms with Crippen LogP contribution in [0.4, 0.5) is 5.95 Å². The number of nitriles is 1. The van der Waals surface area contributed by atoms with Crippen molar-refractivity contribution in [2.75, 3.05) is 38.1 Å². The molecule has 1 aromatic carbocycles. The molecule has 0 amide bonds. The first-order valence-corrected chi connectivity index (χ1v) is 8.45. The summed E-state index contributed by atoms with van der Waals surface area (Å²) in [6.07, 6.45) is 1.95. The first-order chi connectivity index (χ1) is 12.1. The zero-order valence-corrected chi connectivity index (χ0v) is 14.5. The lowest BCUT2D eigenvalue weighted by Crippen LogP contribution is -2.44. The van der Waals surface area contributed by atoms with E-state index in [1.165, 1.54) is 5.56 Å². The van der Waals surface area contributed by atoms with Gasteiger partial charge in [0.25, 0.3) is 0 Å².